The van der Waals surface area contributed by atoms with Crippen molar-refractivity contribution in [3.05, 3.63) is 36.5 Å². The van der Waals surface area contributed by atoms with Crippen LogP contribution >= 0.6 is 0 Å². The highest BCUT2D eigenvalue weighted by molar-refractivity contribution is 7.92. The topological polar surface area (TPSA) is 92.7 Å². The fraction of sp³-hybridized carbons (Fsp3) is 0.375. The van der Waals surface area contributed by atoms with Crippen LogP contribution in [0.2, 0.25) is 0 Å². The molecule has 0 aliphatic heterocycles. The molecule has 1 saturated carbocycles. The Morgan fingerprint density at radius 3 is 3.00 bits per heavy atom. The number of nitrogens with one attached hydrogen (secondary N) is 2. The van der Waals surface area contributed by atoms with Gasteiger partial charge < -0.3 is 9.55 Å². The molecule has 1 aliphatic rings. The van der Waals surface area contributed by atoms with E-state index in [9.17, 15) is 8.42 Å². The molecule has 3 heterocycles. The Labute approximate surface area is 140 Å². The van der Waals surface area contributed by atoms with Crippen molar-refractivity contribution in [2.75, 3.05) is 4.72 Å². The number of hydrogen-bond acceptors (Lipinski definition) is 4. The molecule has 4 rings (SSSR count). The van der Waals surface area contributed by atoms with Crippen molar-refractivity contribution >= 4 is 26.7 Å². The molecule has 2 N–H and O–H groups in total. The number of hydrogen-bond donors (Lipinski definition) is 2. The van der Waals surface area contributed by atoms with Crippen molar-refractivity contribution in [2.24, 2.45) is 5.92 Å². The third-order valence-electron chi connectivity index (χ3n) is 4.23. The highest BCUT2D eigenvalue weighted by Crippen LogP contribution is 2.31. The van der Waals surface area contributed by atoms with Gasteiger partial charge in [-0.1, -0.05) is 6.92 Å². The van der Waals surface area contributed by atoms with E-state index in [0.717, 1.165) is 23.4 Å². The number of H-pyrrole nitrogens is 1. The van der Waals surface area contributed by atoms with Gasteiger partial charge >= 0.3 is 0 Å². The lowest BCUT2D eigenvalue weighted by atomic mass is 10.3. The molecule has 7 nitrogen and oxygen atoms in total. The minimum atomic E-state index is -3.72. The number of pyridine rings is 1. The summed E-state index contributed by atoms with van der Waals surface area (Å²) in [7, 11) is -3.72. The summed E-state index contributed by atoms with van der Waals surface area (Å²) in [6.07, 6.45) is 8.04. The van der Waals surface area contributed by atoms with Crippen molar-refractivity contribution in [2.45, 2.75) is 37.8 Å². The van der Waals surface area contributed by atoms with Crippen molar-refractivity contribution in [3.63, 3.8) is 0 Å². The summed E-state index contributed by atoms with van der Waals surface area (Å²) in [6, 6.07) is 3.60. The maximum absolute atomic E-state index is 12.6. The number of fused-ring (bicyclic) bond motifs is 1. The first-order chi connectivity index (χ1) is 11.5. The van der Waals surface area contributed by atoms with Crippen LogP contribution in [0.4, 0.5) is 5.69 Å². The van der Waals surface area contributed by atoms with Crippen LogP contribution in [0.25, 0.3) is 11.0 Å². The molecule has 0 bridgehead atoms. The summed E-state index contributed by atoms with van der Waals surface area (Å²) in [5.74, 6) is 1.47. The third kappa shape index (κ3) is 2.89. The van der Waals surface area contributed by atoms with Gasteiger partial charge in [0.05, 0.1) is 11.9 Å². The van der Waals surface area contributed by atoms with E-state index in [-0.39, 0.29) is 5.03 Å². The fourth-order valence-corrected chi connectivity index (χ4v) is 3.80. The summed E-state index contributed by atoms with van der Waals surface area (Å²) in [5.41, 5.74) is 1.15. The highest BCUT2D eigenvalue weighted by atomic mass is 32.2. The molecule has 8 heteroatoms. The zero-order valence-corrected chi connectivity index (χ0v) is 14.2. The third-order valence-corrected chi connectivity index (χ3v) is 5.48. The molecule has 24 heavy (non-hydrogen) atoms. The van der Waals surface area contributed by atoms with Gasteiger partial charge in [-0.15, -0.1) is 0 Å². The zero-order chi connectivity index (χ0) is 16.7. The Kier molecular flexibility index (Phi) is 3.56. The Morgan fingerprint density at radius 1 is 1.42 bits per heavy atom. The van der Waals surface area contributed by atoms with E-state index in [0.29, 0.717) is 18.0 Å². The van der Waals surface area contributed by atoms with Gasteiger partial charge in [0.2, 0.25) is 0 Å². The molecule has 0 spiro atoms. The first-order valence-corrected chi connectivity index (χ1v) is 9.55. The lowest BCUT2D eigenvalue weighted by molar-refractivity contribution is 0.594. The summed E-state index contributed by atoms with van der Waals surface area (Å²) < 4.78 is 29.8. The van der Waals surface area contributed by atoms with Gasteiger partial charge in [-0.25, -0.2) is 9.97 Å². The molecule has 0 atom stereocenters. The first-order valence-electron chi connectivity index (χ1n) is 8.07. The van der Waals surface area contributed by atoms with Crippen LogP contribution in [0.5, 0.6) is 0 Å². The zero-order valence-electron chi connectivity index (χ0n) is 13.4. The lowest BCUT2D eigenvalue weighted by Gasteiger charge is -2.05. The minimum Gasteiger partial charge on any atom is -0.346 e. The smallest absolute Gasteiger partial charge is 0.281 e. The van der Waals surface area contributed by atoms with E-state index in [1.807, 2.05) is 17.6 Å². The Bertz CT molecular complexity index is 985. The van der Waals surface area contributed by atoms with Crippen LogP contribution in [0.3, 0.4) is 0 Å². The van der Waals surface area contributed by atoms with Crippen LogP contribution in [-0.4, -0.2) is 27.9 Å². The van der Waals surface area contributed by atoms with Crippen LogP contribution in [0.15, 0.2) is 35.7 Å². The van der Waals surface area contributed by atoms with Gasteiger partial charge in [-0.05, 0) is 30.9 Å². The molecule has 1 fully saturated rings. The quantitative estimate of drug-likeness (QED) is 0.718. The van der Waals surface area contributed by atoms with Crippen LogP contribution in [-0.2, 0) is 23.0 Å². The Hall–Kier alpha value is -2.35. The monoisotopic (exact) mass is 345 g/mol. The van der Waals surface area contributed by atoms with E-state index in [4.69, 9.17) is 0 Å². The number of aryl methyl sites for hydroxylation is 1. The number of aromatic nitrogens is 4. The van der Waals surface area contributed by atoms with Crippen molar-refractivity contribution < 1.29 is 8.42 Å². The van der Waals surface area contributed by atoms with Crippen LogP contribution in [0, 0.1) is 5.92 Å². The summed E-state index contributed by atoms with van der Waals surface area (Å²) in [4.78, 5) is 11.5. The minimum absolute atomic E-state index is 0.0640. The molecule has 126 valence electrons. The van der Waals surface area contributed by atoms with Crippen LogP contribution < -0.4 is 4.72 Å². The lowest BCUT2D eigenvalue weighted by Crippen LogP contribution is -2.13. The van der Waals surface area contributed by atoms with E-state index in [1.54, 1.807) is 18.5 Å². The normalized spacial score (nSPS) is 15.0. The molecule has 3 aromatic heterocycles. The van der Waals surface area contributed by atoms with E-state index in [1.165, 1.54) is 19.0 Å². The molecule has 0 saturated heterocycles. The number of sulfonamides is 1. The number of imidazole rings is 1. The van der Waals surface area contributed by atoms with Crippen molar-refractivity contribution in [1.82, 2.24) is 19.5 Å². The van der Waals surface area contributed by atoms with Crippen molar-refractivity contribution in [1.29, 1.82) is 0 Å². The van der Waals surface area contributed by atoms with E-state index < -0.39 is 10.0 Å². The summed E-state index contributed by atoms with van der Waals surface area (Å²) >= 11 is 0. The summed E-state index contributed by atoms with van der Waals surface area (Å²) in [5, 5.41) is 0.915. The predicted molar refractivity (Wildman–Crippen MR) is 91.2 cm³/mol. The second-order valence-corrected chi connectivity index (χ2v) is 7.82. The maximum Gasteiger partial charge on any atom is 0.281 e. The van der Waals surface area contributed by atoms with Crippen molar-refractivity contribution in [3.8, 4) is 0 Å². The average Bonchev–Trinajstić information content (AvgIpc) is 3.08. The fourth-order valence-electron chi connectivity index (χ4n) is 2.78. The maximum atomic E-state index is 12.6. The van der Waals surface area contributed by atoms with Gasteiger partial charge in [-0.2, -0.15) is 8.42 Å². The molecular formula is C16H19N5O2S. The van der Waals surface area contributed by atoms with Gasteiger partial charge in [0.1, 0.15) is 11.5 Å². The average molecular weight is 345 g/mol. The molecule has 0 unspecified atom stereocenters. The van der Waals surface area contributed by atoms with E-state index in [2.05, 4.69) is 19.7 Å². The number of aromatic amines is 1. The largest absolute Gasteiger partial charge is 0.346 e. The van der Waals surface area contributed by atoms with Crippen LogP contribution in [0.1, 0.15) is 25.6 Å². The van der Waals surface area contributed by atoms with Gasteiger partial charge in [-0.3, -0.25) is 4.72 Å². The summed E-state index contributed by atoms with van der Waals surface area (Å²) in [6.45, 7) is 2.84. The predicted octanol–water partition coefficient (Wildman–Crippen LogP) is 2.53. The molecule has 0 aromatic carbocycles. The van der Waals surface area contributed by atoms with Gasteiger partial charge in [0.15, 0.2) is 5.03 Å². The molecule has 3 aromatic rings. The first kappa shape index (κ1) is 15.2. The SMILES string of the molecule is CCc1nc(S(=O)(=O)Nc2cnc3[nH]ccc3c2)cn1CC1CC1. The second-order valence-electron chi connectivity index (χ2n) is 6.19. The Morgan fingerprint density at radius 2 is 2.25 bits per heavy atom. The number of nitrogens with zero attached hydrogens (tertiary/aromatic N) is 3. The highest BCUT2D eigenvalue weighted by Gasteiger charge is 2.25. The second kappa shape index (κ2) is 5.62. The molecular weight excluding hydrogens is 326 g/mol. The number of rotatable bonds is 6. The standard InChI is InChI=1S/C16H19N5O2S/c1-2-14-19-15(10-21(14)9-11-3-4-11)24(22,23)20-13-7-12-5-6-17-16(12)18-8-13/h5-8,10-11,20H,2-4,9H2,1H3,(H,17,18). The van der Waals surface area contributed by atoms with Gasteiger partial charge in [0.25, 0.3) is 10.0 Å². The molecule has 0 amide bonds. The number of anilines is 1. The van der Waals surface area contributed by atoms with E-state index >= 15 is 0 Å². The Balaban J connectivity index is 1.62. The molecule has 1 aliphatic carbocycles. The van der Waals surface area contributed by atoms with Gasteiger partial charge in [0, 0.05) is 30.7 Å². The molecule has 0 radical (unpaired) electrons.